The van der Waals surface area contributed by atoms with Gasteiger partial charge < -0.3 is 9.32 Å². The van der Waals surface area contributed by atoms with E-state index in [-0.39, 0.29) is 0 Å². The number of hydrogen-bond acceptors (Lipinski definition) is 3. The quantitative estimate of drug-likeness (QED) is 0.167. The summed E-state index contributed by atoms with van der Waals surface area (Å²) in [6.45, 7) is 0. The Morgan fingerprint density at radius 2 is 0.852 bits per heavy atom. The zero-order chi connectivity index (χ0) is 35.8. The Labute approximate surface area is 314 Å². The van der Waals surface area contributed by atoms with Gasteiger partial charge in [0.2, 0.25) is 5.89 Å². The summed E-state index contributed by atoms with van der Waals surface area (Å²) in [5.41, 5.74) is 12.6. The molecule has 0 fully saturated rings. The second-order valence-electron chi connectivity index (χ2n) is 13.6. The van der Waals surface area contributed by atoms with Crippen LogP contribution in [0, 0.1) is 0 Å². The zero-order valence-electron chi connectivity index (χ0n) is 29.4. The molecule has 0 aliphatic carbocycles. The predicted octanol–water partition coefficient (Wildman–Crippen LogP) is 14.3. The molecular formula is C51H34N2O. The molecule has 0 radical (unpaired) electrons. The number of anilines is 3. The Morgan fingerprint density at radius 3 is 1.54 bits per heavy atom. The van der Waals surface area contributed by atoms with Crippen molar-refractivity contribution in [3.05, 3.63) is 206 Å². The molecular weight excluding hydrogens is 657 g/mol. The first-order valence-electron chi connectivity index (χ1n) is 18.3. The molecule has 0 aliphatic rings. The van der Waals surface area contributed by atoms with Gasteiger partial charge in [0.1, 0.15) is 5.52 Å². The third-order valence-corrected chi connectivity index (χ3v) is 10.2. The Kier molecular flexibility index (Phi) is 7.81. The smallest absolute Gasteiger partial charge is 0.227 e. The van der Waals surface area contributed by atoms with E-state index < -0.39 is 0 Å². The number of oxazole rings is 1. The van der Waals surface area contributed by atoms with Gasteiger partial charge >= 0.3 is 0 Å². The Hall–Kier alpha value is -7.23. The summed E-state index contributed by atoms with van der Waals surface area (Å²) >= 11 is 0. The van der Waals surface area contributed by atoms with Crippen LogP contribution in [0.3, 0.4) is 0 Å². The van der Waals surface area contributed by atoms with Crippen LogP contribution < -0.4 is 4.90 Å². The van der Waals surface area contributed by atoms with Gasteiger partial charge in [-0.2, -0.15) is 0 Å². The van der Waals surface area contributed by atoms with E-state index in [4.69, 9.17) is 9.40 Å². The Bertz CT molecular complexity index is 2940. The van der Waals surface area contributed by atoms with Gasteiger partial charge in [-0.3, -0.25) is 0 Å². The molecule has 3 nitrogen and oxygen atoms in total. The molecule has 54 heavy (non-hydrogen) atoms. The SMILES string of the molecule is c1ccc(-c2cccc(N(c3ccc(-c4cccc5nc(-c6ccc7ccccc7c6)oc45)cc3)c3cccc(-c4ccc5ccccc5c4)c3)c2)cc1. The second kappa shape index (κ2) is 13.4. The molecule has 0 N–H and O–H groups in total. The molecule has 0 aliphatic heterocycles. The summed E-state index contributed by atoms with van der Waals surface area (Å²) < 4.78 is 6.52. The van der Waals surface area contributed by atoms with Gasteiger partial charge in [-0.05, 0) is 110 Å². The zero-order valence-corrected chi connectivity index (χ0v) is 29.4. The molecule has 3 heteroatoms. The lowest BCUT2D eigenvalue weighted by atomic mass is 10.00. The van der Waals surface area contributed by atoms with E-state index in [2.05, 4.69) is 205 Å². The molecule has 10 rings (SSSR count). The summed E-state index contributed by atoms with van der Waals surface area (Å²) in [5.74, 6) is 0.621. The largest absolute Gasteiger partial charge is 0.435 e. The third kappa shape index (κ3) is 5.88. The standard InChI is InChI=1S/C51H34N2O/c1-2-11-35(12-3-1)41-17-8-19-46(33-41)53(47-20-9-18-42(34-47)43-25-23-36-13-4-6-15-39(36)31-43)45-29-27-38(28-30-45)48-21-10-22-49-50(48)54-51(52-49)44-26-24-37-14-5-7-16-40(37)32-44/h1-34H. The number of nitrogens with zero attached hydrogens (tertiary/aromatic N) is 2. The number of benzene rings is 9. The minimum absolute atomic E-state index is 0.621. The van der Waals surface area contributed by atoms with Gasteiger partial charge in [-0.25, -0.2) is 4.98 Å². The number of para-hydroxylation sites is 1. The molecule has 0 amide bonds. The fourth-order valence-corrected chi connectivity index (χ4v) is 7.51. The minimum Gasteiger partial charge on any atom is -0.435 e. The second-order valence-corrected chi connectivity index (χ2v) is 13.6. The van der Waals surface area contributed by atoms with Crippen molar-refractivity contribution in [1.82, 2.24) is 4.98 Å². The highest BCUT2D eigenvalue weighted by Crippen LogP contribution is 2.40. The van der Waals surface area contributed by atoms with Crippen LogP contribution in [-0.4, -0.2) is 4.98 Å². The average Bonchev–Trinajstić information content (AvgIpc) is 3.69. The summed E-state index contributed by atoms with van der Waals surface area (Å²) in [6, 6.07) is 73.0. The van der Waals surface area contributed by atoms with E-state index in [1.807, 2.05) is 6.07 Å². The molecule has 0 saturated carbocycles. The molecule has 1 aromatic heterocycles. The first-order valence-corrected chi connectivity index (χ1v) is 18.3. The first kappa shape index (κ1) is 31.5. The molecule has 10 aromatic rings. The number of aromatic nitrogens is 1. The highest BCUT2D eigenvalue weighted by atomic mass is 16.3. The molecule has 1 heterocycles. The lowest BCUT2D eigenvalue weighted by Crippen LogP contribution is -2.10. The summed E-state index contributed by atoms with van der Waals surface area (Å²) in [7, 11) is 0. The Balaban J connectivity index is 1.05. The number of hydrogen-bond donors (Lipinski definition) is 0. The van der Waals surface area contributed by atoms with E-state index in [9.17, 15) is 0 Å². The van der Waals surface area contributed by atoms with Crippen molar-refractivity contribution in [1.29, 1.82) is 0 Å². The lowest BCUT2D eigenvalue weighted by molar-refractivity contribution is 0.621. The summed E-state index contributed by atoms with van der Waals surface area (Å²) in [6.07, 6.45) is 0. The maximum Gasteiger partial charge on any atom is 0.227 e. The summed E-state index contributed by atoms with van der Waals surface area (Å²) in [4.78, 5) is 7.25. The molecule has 0 saturated heterocycles. The number of fused-ring (bicyclic) bond motifs is 3. The van der Waals surface area contributed by atoms with Crippen LogP contribution in [-0.2, 0) is 0 Å². The van der Waals surface area contributed by atoms with Crippen molar-refractivity contribution in [2.45, 2.75) is 0 Å². The lowest BCUT2D eigenvalue weighted by Gasteiger charge is -2.27. The van der Waals surface area contributed by atoms with Crippen molar-refractivity contribution in [3.63, 3.8) is 0 Å². The van der Waals surface area contributed by atoms with Crippen molar-refractivity contribution >= 4 is 49.7 Å². The summed E-state index contributed by atoms with van der Waals surface area (Å²) in [5, 5.41) is 4.83. The van der Waals surface area contributed by atoms with Gasteiger partial charge in [0.15, 0.2) is 5.58 Å². The van der Waals surface area contributed by atoms with E-state index >= 15 is 0 Å². The first-order chi connectivity index (χ1) is 26.7. The topological polar surface area (TPSA) is 29.3 Å². The van der Waals surface area contributed by atoms with E-state index in [1.54, 1.807) is 0 Å². The van der Waals surface area contributed by atoms with Crippen LogP contribution in [0.25, 0.3) is 77.5 Å². The van der Waals surface area contributed by atoms with Crippen LogP contribution in [0.15, 0.2) is 211 Å². The van der Waals surface area contributed by atoms with E-state index in [1.165, 1.54) is 38.4 Å². The van der Waals surface area contributed by atoms with E-state index in [0.717, 1.165) is 50.2 Å². The highest BCUT2D eigenvalue weighted by Gasteiger charge is 2.17. The molecule has 9 aromatic carbocycles. The molecule has 0 unspecified atom stereocenters. The fraction of sp³-hybridized carbons (Fsp3) is 0. The molecule has 0 spiro atoms. The highest BCUT2D eigenvalue weighted by molar-refractivity contribution is 5.94. The minimum atomic E-state index is 0.621. The predicted molar refractivity (Wildman–Crippen MR) is 225 cm³/mol. The van der Waals surface area contributed by atoms with Crippen LogP contribution in [0.2, 0.25) is 0 Å². The van der Waals surface area contributed by atoms with Gasteiger partial charge in [0.05, 0.1) is 0 Å². The van der Waals surface area contributed by atoms with Gasteiger partial charge in [-0.1, -0.05) is 146 Å². The van der Waals surface area contributed by atoms with Crippen LogP contribution in [0.5, 0.6) is 0 Å². The molecule has 0 atom stereocenters. The van der Waals surface area contributed by atoms with Crippen LogP contribution in [0.4, 0.5) is 17.1 Å². The van der Waals surface area contributed by atoms with Gasteiger partial charge in [-0.15, -0.1) is 0 Å². The van der Waals surface area contributed by atoms with Crippen molar-refractivity contribution < 1.29 is 4.42 Å². The van der Waals surface area contributed by atoms with Gasteiger partial charge in [0, 0.05) is 28.2 Å². The van der Waals surface area contributed by atoms with Gasteiger partial charge in [0.25, 0.3) is 0 Å². The third-order valence-electron chi connectivity index (χ3n) is 10.2. The van der Waals surface area contributed by atoms with Crippen LogP contribution >= 0.6 is 0 Å². The molecule has 0 bridgehead atoms. The van der Waals surface area contributed by atoms with E-state index in [0.29, 0.717) is 5.89 Å². The van der Waals surface area contributed by atoms with Crippen molar-refractivity contribution in [2.75, 3.05) is 4.90 Å². The van der Waals surface area contributed by atoms with Crippen molar-refractivity contribution in [2.24, 2.45) is 0 Å². The van der Waals surface area contributed by atoms with Crippen molar-refractivity contribution in [3.8, 4) is 44.8 Å². The maximum atomic E-state index is 6.52. The monoisotopic (exact) mass is 690 g/mol. The maximum absolute atomic E-state index is 6.52. The fourth-order valence-electron chi connectivity index (χ4n) is 7.51. The average molecular weight is 691 g/mol. The molecule has 254 valence electrons. The normalized spacial score (nSPS) is 11.3. The van der Waals surface area contributed by atoms with Crippen LogP contribution in [0.1, 0.15) is 0 Å². The number of rotatable bonds is 7. The Morgan fingerprint density at radius 1 is 0.333 bits per heavy atom.